The van der Waals surface area contributed by atoms with E-state index in [-0.39, 0.29) is 11.9 Å². The van der Waals surface area contributed by atoms with Gasteiger partial charge < -0.3 is 9.47 Å². The number of aryl methyl sites for hydroxylation is 1. The van der Waals surface area contributed by atoms with Gasteiger partial charge in [0.25, 0.3) is 0 Å². The van der Waals surface area contributed by atoms with Crippen LogP contribution < -0.4 is 4.74 Å². The smallest absolute Gasteiger partial charge is 0.338 e. The molecule has 2 rings (SSSR count). The van der Waals surface area contributed by atoms with Crippen molar-refractivity contribution in [2.45, 2.75) is 33.6 Å². The van der Waals surface area contributed by atoms with E-state index in [0.717, 1.165) is 12.8 Å². The molecule has 0 fully saturated rings. The summed E-state index contributed by atoms with van der Waals surface area (Å²) in [6.45, 7) is 5.73. The molecule has 0 aliphatic rings. The molecule has 2 aromatic rings. The molecule has 0 saturated carbocycles. The zero-order valence-corrected chi connectivity index (χ0v) is 15.0. The van der Waals surface area contributed by atoms with E-state index in [9.17, 15) is 9.59 Å². The van der Waals surface area contributed by atoms with Gasteiger partial charge in [-0.15, -0.1) is 0 Å². The summed E-state index contributed by atoms with van der Waals surface area (Å²) in [4.78, 5) is 23.8. The number of carbonyl (C=O) groups excluding carboxylic acids is 2. The lowest BCUT2D eigenvalue weighted by atomic mass is 9.97. The molecule has 0 aliphatic heterocycles. The van der Waals surface area contributed by atoms with Gasteiger partial charge >= 0.3 is 11.9 Å². The normalized spacial score (nSPS) is 11.0. The van der Waals surface area contributed by atoms with Gasteiger partial charge in [-0.05, 0) is 63.4 Å². The second-order valence-corrected chi connectivity index (χ2v) is 6.89. The third-order valence-corrected chi connectivity index (χ3v) is 3.60. The molecule has 0 unspecified atom stereocenters. The maximum atomic E-state index is 12.0. The first kappa shape index (κ1) is 18.7. The molecular formula is C21H24O4. The van der Waals surface area contributed by atoms with Crippen LogP contribution >= 0.6 is 0 Å². The Morgan fingerprint density at radius 3 is 2.16 bits per heavy atom. The molecule has 0 aliphatic carbocycles. The molecule has 2 aromatic carbocycles. The lowest BCUT2D eigenvalue weighted by molar-refractivity contribution is -0.142. The van der Waals surface area contributed by atoms with Crippen LogP contribution in [0.3, 0.4) is 0 Å². The molecule has 4 nitrogen and oxygen atoms in total. The minimum atomic E-state index is -0.573. The predicted octanol–water partition coefficient (Wildman–Crippen LogP) is 4.43. The molecule has 0 radical (unpaired) electrons. The topological polar surface area (TPSA) is 52.6 Å². The minimum absolute atomic E-state index is 0.316. The van der Waals surface area contributed by atoms with Gasteiger partial charge in [-0.2, -0.15) is 0 Å². The molecule has 0 heterocycles. The Kier molecular flexibility index (Phi) is 6.34. The Labute approximate surface area is 148 Å². The van der Waals surface area contributed by atoms with Crippen LogP contribution in [0.15, 0.2) is 54.6 Å². The van der Waals surface area contributed by atoms with Gasteiger partial charge in [0.15, 0.2) is 0 Å². The molecule has 0 N–H and O–H groups in total. The van der Waals surface area contributed by atoms with Crippen molar-refractivity contribution >= 4 is 11.9 Å². The maximum Gasteiger partial charge on any atom is 0.338 e. The highest BCUT2D eigenvalue weighted by molar-refractivity contribution is 5.89. The fraction of sp³-hybridized carbons (Fsp3) is 0.333. The Bertz CT molecular complexity index is 697. The Hall–Kier alpha value is -2.62. The van der Waals surface area contributed by atoms with Crippen molar-refractivity contribution < 1.29 is 19.1 Å². The summed E-state index contributed by atoms with van der Waals surface area (Å²) in [7, 11) is 0. The molecule has 0 spiro atoms. The summed E-state index contributed by atoms with van der Waals surface area (Å²) in [6.07, 6.45) is 1.65. The van der Waals surface area contributed by atoms with Crippen molar-refractivity contribution in [1.82, 2.24) is 0 Å². The van der Waals surface area contributed by atoms with E-state index in [1.165, 1.54) is 5.56 Å². The number of carbonyl (C=O) groups is 2. The fourth-order valence-corrected chi connectivity index (χ4v) is 2.09. The second-order valence-electron chi connectivity index (χ2n) is 6.89. The summed E-state index contributed by atoms with van der Waals surface area (Å²) in [6, 6.07) is 16.5. The van der Waals surface area contributed by atoms with Gasteiger partial charge in [-0.3, -0.25) is 4.79 Å². The SMILES string of the molecule is CC(C)(C)C(=O)Oc1ccc(C(=O)OCCCc2ccccc2)cc1. The highest BCUT2D eigenvalue weighted by atomic mass is 16.5. The third kappa shape index (κ3) is 6.07. The van der Waals surface area contributed by atoms with Crippen molar-refractivity contribution in [3.63, 3.8) is 0 Å². The Balaban J connectivity index is 1.79. The van der Waals surface area contributed by atoms with E-state index in [1.54, 1.807) is 45.0 Å². The number of hydrogen-bond donors (Lipinski definition) is 0. The van der Waals surface area contributed by atoms with Gasteiger partial charge in [-0.25, -0.2) is 4.79 Å². The number of ether oxygens (including phenoxy) is 2. The first-order valence-corrected chi connectivity index (χ1v) is 8.39. The van der Waals surface area contributed by atoms with Gasteiger partial charge in [0.2, 0.25) is 0 Å². The molecule has 0 saturated heterocycles. The average Bonchev–Trinajstić information content (AvgIpc) is 2.59. The van der Waals surface area contributed by atoms with Crippen molar-refractivity contribution in [3.05, 3.63) is 65.7 Å². The highest BCUT2D eigenvalue weighted by Crippen LogP contribution is 2.20. The molecule has 0 aromatic heterocycles. The summed E-state index contributed by atoms with van der Waals surface area (Å²) in [5.41, 5.74) is 1.09. The molecule has 0 atom stereocenters. The van der Waals surface area contributed by atoms with Gasteiger partial charge in [0.05, 0.1) is 17.6 Å². The van der Waals surface area contributed by atoms with Crippen LogP contribution in [0.5, 0.6) is 5.75 Å². The third-order valence-electron chi connectivity index (χ3n) is 3.60. The Morgan fingerprint density at radius 2 is 1.56 bits per heavy atom. The number of benzene rings is 2. The molecule has 25 heavy (non-hydrogen) atoms. The maximum absolute atomic E-state index is 12.0. The van der Waals surface area contributed by atoms with Gasteiger partial charge in [-0.1, -0.05) is 30.3 Å². The standard InChI is InChI=1S/C21H24O4/c1-21(2,3)20(23)25-18-13-11-17(12-14-18)19(22)24-15-7-10-16-8-5-4-6-9-16/h4-6,8-9,11-14H,7,10,15H2,1-3H3. The van der Waals surface area contributed by atoms with Gasteiger partial charge in [0, 0.05) is 0 Å². The van der Waals surface area contributed by atoms with Crippen LogP contribution in [0, 0.1) is 5.41 Å². The average molecular weight is 340 g/mol. The predicted molar refractivity (Wildman–Crippen MR) is 96.6 cm³/mol. The van der Waals surface area contributed by atoms with E-state index in [0.29, 0.717) is 17.9 Å². The molecular weight excluding hydrogens is 316 g/mol. The van der Waals surface area contributed by atoms with Crippen LogP contribution in [0.4, 0.5) is 0 Å². The fourth-order valence-electron chi connectivity index (χ4n) is 2.09. The van der Waals surface area contributed by atoms with Gasteiger partial charge in [0.1, 0.15) is 5.75 Å². The number of hydrogen-bond acceptors (Lipinski definition) is 4. The summed E-state index contributed by atoms with van der Waals surface area (Å²) in [5, 5.41) is 0. The number of esters is 2. The lowest BCUT2D eigenvalue weighted by Gasteiger charge is -2.16. The first-order valence-electron chi connectivity index (χ1n) is 8.39. The van der Waals surface area contributed by atoms with Crippen LogP contribution in [-0.2, 0) is 16.0 Å². The van der Waals surface area contributed by atoms with Crippen LogP contribution in [0.2, 0.25) is 0 Å². The number of rotatable bonds is 6. The zero-order chi connectivity index (χ0) is 18.3. The van der Waals surface area contributed by atoms with E-state index < -0.39 is 5.41 Å². The monoisotopic (exact) mass is 340 g/mol. The van der Waals surface area contributed by atoms with Crippen molar-refractivity contribution in [2.75, 3.05) is 6.61 Å². The molecule has 0 bridgehead atoms. The van der Waals surface area contributed by atoms with E-state index >= 15 is 0 Å². The van der Waals surface area contributed by atoms with Crippen LogP contribution in [0.25, 0.3) is 0 Å². The molecule has 4 heteroatoms. The summed E-state index contributed by atoms with van der Waals surface area (Å²) < 4.78 is 10.5. The molecule has 132 valence electrons. The van der Waals surface area contributed by atoms with Crippen LogP contribution in [-0.4, -0.2) is 18.5 Å². The zero-order valence-electron chi connectivity index (χ0n) is 15.0. The highest BCUT2D eigenvalue weighted by Gasteiger charge is 2.23. The van der Waals surface area contributed by atoms with E-state index in [1.807, 2.05) is 18.2 Å². The van der Waals surface area contributed by atoms with Crippen LogP contribution in [0.1, 0.15) is 43.1 Å². The Morgan fingerprint density at radius 1 is 0.920 bits per heavy atom. The molecule has 0 amide bonds. The van der Waals surface area contributed by atoms with E-state index in [4.69, 9.17) is 9.47 Å². The summed E-state index contributed by atoms with van der Waals surface area (Å²) in [5.74, 6) is -0.272. The summed E-state index contributed by atoms with van der Waals surface area (Å²) >= 11 is 0. The quantitative estimate of drug-likeness (QED) is 0.443. The van der Waals surface area contributed by atoms with Crippen molar-refractivity contribution in [2.24, 2.45) is 5.41 Å². The minimum Gasteiger partial charge on any atom is -0.462 e. The van der Waals surface area contributed by atoms with Crippen molar-refractivity contribution in [1.29, 1.82) is 0 Å². The second kappa shape index (κ2) is 8.47. The van der Waals surface area contributed by atoms with Crippen molar-refractivity contribution in [3.8, 4) is 5.75 Å². The first-order chi connectivity index (χ1) is 11.9. The lowest BCUT2D eigenvalue weighted by Crippen LogP contribution is -2.25. The largest absolute Gasteiger partial charge is 0.462 e. The van der Waals surface area contributed by atoms with E-state index in [2.05, 4.69) is 12.1 Å².